The van der Waals surface area contributed by atoms with Gasteiger partial charge in [0.1, 0.15) is 5.75 Å². The van der Waals surface area contributed by atoms with Gasteiger partial charge < -0.3 is 10.4 Å². The van der Waals surface area contributed by atoms with Crippen molar-refractivity contribution in [2.45, 2.75) is 6.42 Å². The third-order valence-electron chi connectivity index (χ3n) is 1.72. The molecule has 0 amide bonds. The Morgan fingerprint density at radius 1 is 1.31 bits per heavy atom. The van der Waals surface area contributed by atoms with Crippen molar-refractivity contribution in [2.24, 2.45) is 0 Å². The molecule has 1 aromatic rings. The molecule has 0 bridgehead atoms. The highest BCUT2D eigenvalue weighted by Gasteiger charge is 1.91. The zero-order valence-electron chi connectivity index (χ0n) is 7.79. The Morgan fingerprint density at radius 3 is 2.62 bits per heavy atom. The lowest BCUT2D eigenvalue weighted by Gasteiger charge is -2.04. The van der Waals surface area contributed by atoms with E-state index < -0.39 is 0 Å². The van der Waals surface area contributed by atoms with E-state index in [1.54, 1.807) is 12.1 Å². The molecule has 2 nitrogen and oxygen atoms in total. The van der Waals surface area contributed by atoms with Gasteiger partial charge >= 0.3 is 0 Å². The second kappa shape index (κ2) is 5.75. The van der Waals surface area contributed by atoms with Crippen molar-refractivity contribution in [1.82, 2.24) is 0 Å². The molecule has 0 aromatic heterocycles. The van der Waals surface area contributed by atoms with Crippen LogP contribution in [-0.2, 0) is 0 Å². The minimum atomic E-state index is 0.315. The summed E-state index contributed by atoms with van der Waals surface area (Å²) in [6.07, 6.45) is 3.28. The summed E-state index contributed by atoms with van der Waals surface area (Å²) in [5, 5.41) is 12.3. The zero-order valence-corrected chi connectivity index (χ0v) is 8.60. The lowest BCUT2D eigenvalue weighted by atomic mass is 10.3. The Balaban J connectivity index is 2.25. The number of hydrogen-bond acceptors (Lipinski definition) is 3. The number of nitrogens with one attached hydrogen (secondary N) is 1. The van der Waals surface area contributed by atoms with Crippen LogP contribution in [0.2, 0.25) is 0 Å². The van der Waals surface area contributed by atoms with Gasteiger partial charge in [0.05, 0.1) is 0 Å². The molecule has 0 aliphatic heterocycles. The van der Waals surface area contributed by atoms with Gasteiger partial charge in [-0.05, 0) is 42.7 Å². The molecule has 0 saturated heterocycles. The molecular weight excluding hydrogens is 182 g/mol. The standard InChI is InChI=1S/C10H15NOS/c1-13-8-2-7-11-9-3-5-10(12)6-4-9/h3-6,11-12H,2,7-8H2,1H3. The Morgan fingerprint density at radius 2 is 2.00 bits per heavy atom. The molecule has 0 aliphatic carbocycles. The van der Waals surface area contributed by atoms with E-state index in [0.29, 0.717) is 5.75 Å². The summed E-state index contributed by atoms with van der Waals surface area (Å²) in [6.45, 7) is 0.992. The first-order valence-electron chi connectivity index (χ1n) is 4.35. The highest BCUT2D eigenvalue weighted by atomic mass is 32.2. The number of thioether (sulfide) groups is 1. The number of phenols is 1. The molecule has 0 saturated carbocycles. The van der Waals surface area contributed by atoms with Crippen LogP contribution in [0.3, 0.4) is 0 Å². The van der Waals surface area contributed by atoms with Crippen molar-refractivity contribution >= 4 is 17.4 Å². The maximum Gasteiger partial charge on any atom is 0.115 e. The van der Waals surface area contributed by atoms with Gasteiger partial charge in [0.15, 0.2) is 0 Å². The minimum absolute atomic E-state index is 0.315. The van der Waals surface area contributed by atoms with E-state index in [1.165, 1.54) is 12.2 Å². The second-order valence-electron chi connectivity index (χ2n) is 2.82. The van der Waals surface area contributed by atoms with Crippen LogP contribution in [0.25, 0.3) is 0 Å². The van der Waals surface area contributed by atoms with E-state index in [-0.39, 0.29) is 0 Å². The summed E-state index contributed by atoms with van der Waals surface area (Å²) in [4.78, 5) is 0. The van der Waals surface area contributed by atoms with Gasteiger partial charge in [-0.1, -0.05) is 0 Å². The fourth-order valence-corrected chi connectivity index (χ4v) is 1.46. The lowest BCUT2D eigenvalue weighted by molar-refractivity contribution is 0.475. The molecular formula is C10H15NOS. The van der Waals surface area contributed by atoms with Crippen LogP contribution in [-0.4, -0.2) is 23.7 Å². The maximum atomic E-state index is 9.04. The number of anilines is 1. The summed E-state index contributed by atoms with van der Waals surface area (Å²) in [5.41, 5.74) is 1.07. The molecule has 0 heterocycles. The summed E-state index contributed by atoms with van der Waals surface area (Å²) < 4.78 is 0. The molecule has 0 unspecified atom stereocenters. The van der Waals surface area contributed by atoms with E-state index in [1.807, 2.05) is 23.9 Å². The maximum absolute atomic E-state index is 9.04. The van der Waals surface area contributed by atoms with E-state index >= 15 is 0 Å². The van der Waals surface area contributed by atoms with Crippen molar-refractivity contribution in [3.63, 3.8) is 0 Å². The van der Waals surface area contributed by atoms with Gasteiger partial charge in [-0.15, -0.1) is 0 Å². The zero-order chi connectivity index (χ0) is 9.52. The average Bonchev–Trinajstić information content (AvgIpc) is 2.15. The van der Waals surface area contributed by atoms with Gasteiger partial charge in [-0.2, -0.15) is 11.8 Å². The number of rotatable bonds is 5. The monoisotopic (exact) mass is 197 g/mol. The molecule has 1 aromatic carbocycles. The van der Waals surface area contributed by atoms with Crippen molar-refractivity contribution in [1.29, 1.82) is 0 Å². The molecule has 0 fully saturated rings. The van der Waals surface area contributed by atoms with Gasteiger partial charge in [0.25, 0.3) is 0 Å². The molecule has 0 atom stereocenters. The second-order valence-corrected chi connectivity index (χ2v) is 3.81. The van der Waals surface area contributed by atoms with Crippen LogP contribution in [0.5, 0.6) is 5.75 Å². The lowest BCUT2D eigenvalue weighted by Crippen LogP contribution is -2.01. The van der Waals surface area contributed by atoms with Crippen LogP contribution >= 0.6 is 11.8 Å². The largest absolute Gasteiger partial charge is 0.508 e. The van der Waals surface area contributed by atoms with Crippen molar-refractivity contribution in [2.75, 3.05) is 23.9 Å². The first-order chi connectivity index (χ1) is 6.33. The van der Waals surface area contributed by atoms with Crippen LogP contribution < -0.4 is 5.32 Å². The molecule has 72 valence electrons. The first-order valence-corrected chi connectivity index (χ1v) is 5.74. The molecule has 1 rings (SSSR count). The average molecular weight is 197 g/mol. The van der Waals surface area contributed by atoms with Crippen molar-refractivity contribution in [3.8, 4) is 5.75 Å². The summed E-state index contributed by atoms with van der Waals surface area (Å²) in [6, 6.07) is 7.15. The summed E-state index contributed by atoms with van der Waals surface area (Å²) in [5.74, 6) is 1.50. The summed E-state index contributed by atoms with van der Waals surface area (Å²) in [7, 11) is 0. The van der Waals surface area contributed by atoms with Gasteiger partial charge in [-0.3, -0.25) is 0 Å². The first kappa shape index (κ1) is 10.3. The van der Waals surface area contributed by atoms with Gasteiger partial charge in [0.2, 0.25) is 0 Å². The fraction of sp³-hybridized carbons (Fsp3) is 0.400. The predicted octanol–water partition coefficient (Wildman–Crippen LogP) is 2.56. The van der Waals surface area contributed by atoms with Gasteiger partial charge in [-0.25, -0.2) is 0 Å². The van der Waals surface area contributed by atoms with Gasteiger partial charge in [0, 0.05) is 12.2 Å². The molecule has 2 N–H and O–H groups in total. The van der Waals surface area contributed by atoms with E-state index in [0.717, 1.165) is 12.2 Å². The number of benzene rings is 1. The summed E-state index contributed by atoms with van der Waals surface area (Å²) >= 11 is 1.86. The molecule has 0 radical (unpaired) electrons. The van der Waals surface area contributed by atoms with E-state index in [9.17, 15) is 0 Å². The Hall–Kier alpha value is -0.830. The van der Waals surface area contributed by atoms with Crippen LogP contribution in [0.4, 0.5) is 5.69 Å². The third kappa shape index (κ3) is 4.08. The highest BCUT2D eigenvalue weighted by molar-refractivity contribution is 7.98. The molecule has 0 spiro atoms. The van der Waals surface area contributed by atoms with Crippen LogP contribution in [0.15, 0.2) is 24.3 Å². The van der Waals surface area contributed by atoms with Crippen molar-refractivity contribution in [3.05, 3.63) is 24.3 Å². The molecule has 3 heteroatoms. The third-order valence-corrected chi connectivity index (χ3v) is 2.42. The SMILES string of the molecule is CSCCCNc1ccc(O)cc1. The Kier molecular flexibility index (Phi) is 4.54. The number of hydrogen-bond donors (Lipinski definition) is 2. The predicted molar refractivity (Wildman–Crippen MR) is 59.6 cm³/mol. The number of aromatic hydroxyl groups is 1. The highest BCUT2D eigenvalue weighted by Crippen LogP contribution is 2.13. The molecule has 13 heavy (non-hydrogen) atoms. The van der Waals surface area contributed by atoms with Crippen LogP contribution in [0.1, 0.15) is 6.42 Å². The van der Waals surface area contributed by atoms with E-state index in [4.69, 9.17) is 5.11 Å². The van der Waals surface area contributed by atoms with Crippen LogP contribution in [0, 0.1) is 0 Å². The normalized spacial score (nSPS) is 9.92. The van der Waals surface area contributed by atoms with Crippen molar-refractivity contribution < 1.29 is 5.11 Å². The topological polar surface area (TPSA) is 32.3 Å². The smallest absolute Gasteiger partial charge is 0.115 e. The Labute approximate surface area is 83.4 Å². The minimum Gasteiger partial charge on any atom is -0.508 e. The fourth-order valence-electron chi connectivity index (χ4n) is 1.03. The number of phenolic OH excluding ortho intramolecular Hbond substituents is 1. The quantitative estimate of drug-likeness (QED) is 0.562. The Bertz CT molecular complexity index is 235. The molecule has 0 aliphatic rings. The van der Waals surface area contributed by atoms with E-state index in [2.05, 4.69) is 11.6 Å².